The van der Waals surface area contributed by atoms with Gasteiger partial charge in [-0.2, -0.15) is 26.3 Å². The Morgan fingerprint density at radius 3 is 1.84 bits per heavy atom. The third kappa shape index (κ3) is 4.00. The van der Waals surface area contributed by atoms with E-state index in [9.17, 15) is 31.1 Å². The molecule has 1 fully saturated rings. The molecular weight excluding hydrogens is 304 g/mol. The van der Waals surface area contributed by atoms with Crippen LogP contribution >= 0.6 is 12.4 Å². The zero-order valence-electron chi connectivity index (χ0n) is 9.18. The minimum absolute atomic E-state index is 0. The van der Waals surface area contributed by atoms with Gasteiger partial charge in [-0.15, -0.1) is 12.4 Å². The number of hydrogen-bond acceptors (Lipinski definition) is 2. The van der Waals surface area contributed by atoms with Gasteiger partial charge in [-0.05, 0) is 18.4 Å². The number of hydrogen-bond donors (Lipinski definition) is 2. The van der Waals surface area contributed by atoms with Crippen LogP contribution in [0.25, 0.3) is 0 Å². The van der Waals surface area contributed by atoms with Gasteiger partial charge in [-0.1, -0.05) is 0 Å². The van der Waals surface area contributed by atoms with E-state index in [0.29, 0.717) is 0 Å². The predicted octanol–water partition coefficient (Wildman–Crippen LogP) is 2.65. The second-order valence-electron chi connectivity index (χ2n) is 3.98. The number of halogens is 7. The number of allylic oxidation sites excluding steroid dienone is 1. The highest BCUT2D eigenvalue weighted by molar-refractivity contribution is 5.85. The third-order valence-electron chi connectivity index (χ3n) is 2.69. The molecule has 3 nitrogen and oxygen atoms in total. The third-order valence-corrected chi connectivity index (χ3v) is 2.69. The molecule has 3 N–H and O–H groups in total. The number of aliphatic carboxylic acids is 1. The van der Waals surface area contributed by atoms with E-state index in [4.69, 9.17) is 10.8 Å². The Balaban J connectivity index is 0.00000324. The van der Waals surface area contributed by atoms with Crippen molar-refractivity contribution in [3.05, 3.63) is 11.1 Å². The maximum absolute atomic E-state index is 12.4. The van der Waals surface area contributed by atoms with Crippen molar-refractivity contribution in [3.8, 4) is 0 Å². The van der Waals surface area contributed by atoms with Gasteiger partial charge in [0.05, 0.1) is 5.92 Å². The van der Waals surface area contributed by atoms with Crippen molar-refractivity contribution in [2.75, 3.05) is 0 Å². The summed E-state index contributed by atoms with van der Waals surface area (Å²) in [6.45, 7) is 0. The van der Waals surface area contributed by atoms with Gasteiger partial charge in [0.1, 0.15) is 5.57 Å². The molecule has 0 radical (unpaired) electrons. The zero-order chi connectivity index (χ0) is 14.3. The second kappa shape index (κ2) is 5.58. The molecule has 1 aliphatic carbocycles. The van der Waals surface area contributed by atoms with Crippen LogP contribution in [0.1, 0.15) is 12.8 Å². The highest BCUT2D eigenvalue weighted by Crippen LogP contribution is 2.45. The first-order chi connectivity index (χ1) is 7.94. The maximum Gasteiger partial charge on any atom is 0.421 e. The van der Waals surface area contributed by atoms with Crippen molar-refractivity contribution in [1.82, 2.24) is 0 Å². The van der Waals surface area contributed by atoms with Gasteiger partial charge in [0.2, 0.25) is 0 Å². The van der Waals surface area contributed by atoms with Crippen molar-refractivity contribution in [3.63, 3.8) is 0 Å². The van der Waals surface area contributed by atoms with Gasteiger partial charge in [0.15, 0.2) is 0 Å². The van der Waals surface area contributed by atoms with Crippen molar-refractivity contribution in [2.24, 2.45) is 11.7 Å². The van der Waals surface area contributed by atoms with Crippen molar-refractivity contribution in [2.45, 2.75) is 31.2 Å². The lowest BCUT2D eigenvalue weighted by Gasteiger charge is -2.19. The van der Waals surface area contributed by atoms with Gasteiger partial charge in [0, 0.05) is 6.04 Å². The summed E-state index contributed by atoms with van der Waals surface area (Å²) in [6.07, 6.45) is -12.5. The largest absolute Gasteiger partial charge is 0.481 e. The minimum Gasteiger partial charge on any atom is -0.481 e. The Labute approximate surface area is 109 Å². The lowest BCUT2D eigenvalue weighted by atomic mass is 10.0. The van der Waals surface area contributed by atoms with Crippen LogP contribution in [0.4, 0.5) is 26.3 Å². The molecule has 0 unspecified atom stereocenters. The first-order valence-corrected chi connectivity index (χ1v) is 4.80. The van der Waals surface area contributed by atoms with E-state index >= 15 is 0 Å². The standard InChI is InChI=1S/C9H9F6NO2.ClH/c10-8(11,12)6(9(13,14)15)4-1-3(7(17)18)2-5(4)16;/h3,5H,1-2,16H2,(H,17,18);1H/t3-,5-;/m0./s1. The topological polar surface area (TPSA) is 63.3 Å². The Bertz CT molecular complexity index is 373. The molecule has 0 amide bonds. The summed E-state index contributed by atoms with van der Waals surface area (Å²) >= 11 is 0. The molecule has 112 valence electrons. The molecule has 10 heteroatoms. The SMILES string of the molecule is Cl.N[C@H]1C[C@@H](C(=O)O)CC1=C(C(F)(F)F)C(F)(F)F. The highest BCUT2D eigenvalue weighted by atomic mass is 35.5. The molecule has 0 heterocycles. The van der Waals surface area contributed by atoms with E-state index < -0.39 is 54.3 Å². The van der Waals surface area contributed by atoms with Gasteiger partial charge < -0.3 is 10.8 Å². The molecule has 2 atom stereocenters. The molecule has 1 rings (SSSR count). The van der Waals surface area contributed by atoms with Gasteiger partial charge >= 0.3 is 18.3 Å². The van der Waals surface area contributed by atoms with Crippen molar-refractivity contribution < 1.29 is 36.2 Å². The Morgan fingerprint density at radius 1 is 1.16 bits per heavy atom. The molecule has 19 heavy (non-hydrogen) atoms. The van der Waals surface area contributed by atoms with E-state index in [1.807, 2.05) is 0 Å². The molecule has 0 aromatic carbocycles. The van der Waals surface area contributed by atoms with Gasteiger partial charge in [0.25, 0.3) is 0 Å². The summed E-state index contributed by atoms with van der Waals surface area (Å²) in [4.78, 5) is 10.6. The van der Waals surface area contributed by atoms with E-state index in [2.05, 4.69) is 0 Å². The number of carboxylic acid groups (broad SMARTS) is 1. The molecule has 0 saturated heterocycles. The molecule has 0 spiro atoms. The molecule has 0 aromatic heterocycles. The highest BCUT2D eigenvalue weighted by Gasteiger charge is 2.54. The Kier molecular flexibility index (Phi) is 5.29. The van der Waals surface area contributed by atoms with Crippen LogP contribution in [-0.4, -0.2) is 29.5 Å². The first-order valence-electron chi connectivity index (χ1n) is 4.80. The van der Waals surface area contributed by atoms with E-state index in [0.717, 1.165) is 0 Å². The number of rotatable bonds is 1. The normalized spacial score (nSPS) is 24.1. The summed E-state index contributed by atoms with van der Waals surface area (Å²) in [6, 6.07) is -1.54. The fourth-order valence-corrected chi connectivity index (χ4v) is 1.95. The predicted molar refractivity (Wildman–Crippen MR) is 54.7 cm³/mol. The van der Waals surface area contributed by atoms with Crippen molar-refractivity contribution in [1.29, 1.82) is 0 Å². The summed E-state index contributed by atoms with van der Waals surface area (Å²) in [7, 11) is 0. The number of nitrogens with two attached hydrogens (primary N) is 1. The lowest BCUT2D eigenvalue weighted by Crippen LogP contribution is -2.32. The van der Waals surface area contributed by atoms with Crippen LogP contribution in [0, 0.1) is 5.92 Å². The fourth-order valence-electron chi connectivity index (χ4n) is 1.95. The summed E-state index contributed by atoms with van der Waals surface area (Å²) in [5, 5.41) is 8.60. The van der Waals surface area contributed by atoms with Crippen LogP contribution in [0.15, 0.2) is 11.1 Å². The summed E-state index contributed by atoms with van der Waals surface area (Å²) in [5.74, 6) is -2.76. The van der Waals surface area contributed by atoms with Gasteiger partial charge in [-0.25, -0.2) is 0 Å². The van der Waals surface area contributed by atoms with E-state index in [1.54, 1.807) is 0 Å². The number of carbonyl (C=O) groups is 1. The monoisotopic (exact) mass is 313 g/mol. The van der Waals surface area contributed by atoms with Crippen LogP contribution in [0.5, 0.6) is 0 Å². The smallest absolute Gasteiger partial charge is 0.421 e. The second-order valence-corrected chi connectivity index (χ2v) is 3.98. The molecule has 0 aliphatic heterocycles. The number of carboxylic acids is 1. The number of alkyl halides is 6. The van der Waals surface area contributed by atoms with E-state index in [1.165, 1.54) is 0 Å². The molecule has 1 saturated carbocycles. The van der Waals surface area contributed by atoms with Gasteiger partial charge in [-0.3, -0.25) is 4.79 Å². The Morgan fingerprint density at radius 2 is 1.58 bits per heavy atom. The quantitative estimate of drug-likeness (QED) is 0.578. The fraction of sp³-hybridized carbons (Fsp3) is 0.667. The first kappa shape index (κ1) is 18.0. The lowest BCUT2D eigenvalue weighted by molar-refractivity contribution is -0.173. The zero-order valence-corrected chi connectivity index (χ0v) is 9.99. The average Bonchev–Trinajstić information content (AvgIpc) is 2.43. The van der Waals surface area contributed by atoms with Crippen molar-refractivity contribution >= 4 is 18.4 Å². The molecule has 0 bridgehead atoms. The van der Waals surface area contributed by atoms with Crippen LogP contribution in [0.3, 0.4) is 0 Å². The summed E-state index contributed by atoms with van der Waals surface area (Å²) in [5.41, 5.74) is 1.42. The minimum atomic E-state index is -5.60. The van der Waals surface area contributed by atoms with Crippen LogP contribution < -0.4 is 5.73 Å². The Hall–Kier alpha value is -0.960. The van der Waals surface area contributed by atoms with Crippen LogP contribution in [-0.2, 0) is 4.79 Å². The summed E-state index contributed by atoms with van der Waals surface area (Å²) < 4.78 is 74.3. The van der Waals surface area contributed by atoms with E-state index in [-0.39, 0.29) is 12.4 Å². The molecule has 0 aromatic rings. The molecule has 1 aliphatic rings. The van der Waals surface area contributed by atoms with Crippen LogP contribution in [0.2, 0.25) is 0 Å². The maximum atomic E-state index is 12.4. The molecular formula is C9H10ClF6NO2. The average molecular weight is 314 g/mol.